The Labute approximate surface area is 106 Å². The van der Waals surface area contributed by atoms with Gasteiger partial charge in [-0.25, -0.2) is 0 Å². The van der Waals surface area contributed by atoms with Gasteiger partial charge in [0.25, 0.3) is 0 Å². The van der Waals surface area contributed by atoms with Gasteiger partial charge in [-0.1, -0.05) is 27.7 Å². The zero-order valence-electron chi connectivity index (χ0n) is 11.9. The van der Waals surface area contributed by atoms with E-state index in [0.29, 0.717) is 29.4 Å². The number of aliphatic hydroxyl groups is 1. The van der Waals surface area contributed by atoms with E-state index in [1.54, 1.807) is 0 Å². The number of rotatable bonds is 5. The second-order valence-corrected chi connectivity index (χ2v) is 7.19. The van der Waals surface area contributed by atoms with E-state index in [1.165, 1.54) is 19.3 Å². The van der Waals surface area contributed by atoms with Gasteiger partial charge in [-0.2, -0.15) is 0 Å². The zero-order valence-corrected chi connectivity index (χ0v) is 11.9. The number of aliphatic hydroxyl groups excluding tert-OH is 1. The average molecular weight is 239 g/mol. The lowest BCUT2D eigenvalue weighted by Crippen LogP contribution is -2.45. The van der Waals surface area contributed by atoms with Gasteiger partial charge in [0.1, 0.15) is 0 Å². The lowest BCUT2D eigenvalue weighted by molar-refractivity contribution is 0.118. The van der Waals surface area contributed by atoms with Crippen LogP contribution in [0, 0.1) is 22.7 Å². The third kappa shape index (κ3) is 2.04. The van der Waals surface area contributed by atoms with E-state index < -0.39 is 0 Å². The van der Waals surface area contributed by atoms with Gasteiger partial charge in [0, 0.05) is 12.6 Å². The minimum atomic E-state index is 0.318. The summed E-state index contributed by atoms with van der Waals surface area (Å²) in [5.41, 5.74) is 0.988. The van der Waals surface area contributed by atoms with Crippen LogP contribution < -0.4 is 5.32 Å². The summed E-state index contributed by atoms with van der Waals surface area (Å²) in [5.74, 6) is 1.50. The van der Waals surface area contributed by atoms with Crippen molar-refractivity contribution in [2.45, 2.75) is 59.4 Å². The summed E-state index contributed by atoms with van der Waals surface area (Å²) in [6.07, 6.45) is 5.09. The molecule has 0 aromatic carbocycles. The van der Waals surface area contributed by atoms with Gasteiger partial charge in [-0.15, -0.1) is 0 Å². The predicted octanol–water partition coefficient (Wildman–Crippen LogP) is 2.81. The molecule has 4 atom stereocenters. The molecule has 4 unspecified atom stereocenters. The van der Waals surface area contributed by atoms with Crippen LogP contribution in [0.25, 0.3) is 0 Å². The topological polar surface area (TPSA) is 32.3 Å². The van der Waals surface area contributed by atoms with Crippen molar-refractivity contribution >= 4 is 0 Å². The molecule has 2 aliphatic carbocycles. The van der Waals surface area contributed by atoms with Crippen LogP contribution in [0.2, 0.25) is 0 Å². The molecule has 0 heterocycles. The van der Waals surface area contributed by atoms with Gasteiger partial charge in [0.05, 0.1) is 0 Å². The van der Waals surface area contributed by atoms with Gasteiger partial charge < -0.3 is 10.4 Å². The molecule has 0 aliphatic heterocycles. The Morgan fingerprint density at radius 2 is 2.06 bits per heavy atom. The first-order valence-corrected chi connectivity index (χ1v) is 7.26. The average Bonchev–Trinajstić information content (AvgIpc) is 2.59. The molecule has 100 valence electrons. The molecule has 2 rings (SSSR count). The van der Waals surface area contributed by atoms with Crippen LogP contribution in [0.4, 0.5) is 0 Å². The minimum Gasteiger partial charge on any atom is -0.396 e. The monoisotopic (exact) mass is 239 g/mol. The van der Waals surface area contributed by atoms with E-state index in [4.69, 9.17) is 5.11 Å². The second-order valence-electron chi connectivity index (χ2n) is 7.19. The highest BCUT2D eigenvalue weighted by Crippen LogP contribution is 2.65. The first-order chi connectivity index (χ1) is 7.91. The Morgan fingerprint density at radius 3 is 2.53 bits per heavy atom. The quantitative estimate of drug-likeness (QED) is 0.773. The molecule has 2 saturated carbocycles. The van der Waals surface area contributed by atoms with E-state index in [9.17, 15) is 0 Å². The lowest BCUT2D eigenvalue weighted by Gasteiger charge is -2.40. The Hall–Kier alpha value is -0.0800. The summed E-state index contributed by atoms with van der Waals surface area (Å²) >= 11 is 0. The second kappa shape index (κ2) is 4.55. The maximum Gasteiger partial charge on any atom is 0.0434 e. The van der Waals surface area contributed by atoms with Crippen LogP contribution in [-0.4, -0.2) is 24.3 Å². The Bertz CT molecular complexity index is 276. The number of hydrogen-bond donors (Lipinski definition) is 2. The van der Waals surface area contributed by atoms with Gasteiger partial charge in [0.2, 0.25) is 0 Å². The third-order valence-corrected chi connectivity index (χ3v) is 6.13. The van der Waals surface area contributed by atoms with E-state index in [-0.39, 0.29) is 0 Å². The lowest BCUT2D eigenvalue weighted by atomic mass is 9.69. The van der Waals surface area contributed by atoms with Crippen molar-refractivity contribution in [2.24, 2.45) is 22.7 Å². The van der Waals surface area contributed by atoms with Crippen LogP contribution in [0.1, 0.15) is 53.4 Å². The van der Waals surface area contributed by atoms with Crippen molar-refractivity contribution < 1.29 is 5.11 Å². The summed E-state index contributed by atoms with van der Waals surface area (Å²) in [6.45, 7) is 11.0. The molecule has 2 N–H and O–H groups in total. The predicted molar refractivity (Wildman–Crippen MR) is 71.9 cm³/mol. The summed E-state index contributed by atoms with van der Waals surface area (Å²) < 4.78 is 0. The molecule has 0 aromatic heterocycles. The fraction of sp³-hybridized carbons (Fsp3) is 1.00. The summed E-state index contributed by atoms with van der Waals surface area (Å²) in [7, 11) is 0. The van der Waals surface area contributed by atoms with Gasteiger partial charge in [0.15, 0.2) is 0 Å². The molecule has 17 heavy (non-hydrogen) atoms. The summed E-state index contributed by atoms with van der Waals surface area (Å²) in [4.78, 5) is 0. The third-order valence-electron chi connectivity index (χ3n) is 6.13. The van der Waals surface area contributed by atoms with Gasteiger partial charge >= 0.3 is 0 Å². The molecule has 0 radical (unpaired) electrons. The van der Waals surface area contributed by atoms with E-state index in [0.717, 1.165) is 18.9 Å². The van der Waals surface area contributed by atoms with Crippen molar-refractivity contribution in [1.82, 2.24) is 5.32 Å². The summed E-state index contributed by atoms with van der Waals surface area (Å²) in [6, 6.07) is 0.692. The summed E-state index contributed by atoms with van der Waals surface area (Å²) in [5, 5.41) is 12.7. The fourth-order valence-electron chi connectivity index (χ4n) is 4.18. The maximum atomic E-state index is 8.94. The van der Waals surface area contributed by atoms with Crippen molar-refractivity contribution in [3.05, 3.63) is 0 Å². The molecule has 0 saturated heterocycles. The van der Waals surface area contributed by atoms with E-state index >= 15 is 0 Å². The van der Waals surface area contributed by atoms with Gasteiger partial charge in [-0.3, -0.25) is 0 Å². The molecule has 0 spiro atoms. The minimum absolute atomic E-state index is 0.318. The first kappa shape index (κ1) is 13.4. The first-order valence-electron chi connectivity index (χ1n) is 7.26. The molecule has 2 heteroatoms. The Kier molecular flexibility index (Phi) is 3.57. The van der Waals surface area contributed by atoms with Crippen LogP contribution in [0.15, 0.2) is 0 Å². The van der Waals surface area contributed by atoms with Crippen molar-refractivity contribution in [3.8, 4) is 0 Å². The Morgan fingerprint density at radius 1 is 1.35 bits per heavy atom. The smallest absolute Gasteiger partial charge is 0.0434 e. The Balaban J connectivity index is 1.92. The van der Waals surface area contributed by atoms with Crippen LogP contribution >= 0.6 is 0 Å². The van der Waals surface area contributed by atoms with Crippen molar-refractivity contribution in [3.63, 3.8) is 0 Å². The molecule has 0 aromatic rings. The van der Waals surface area contributed by atoms with Gasteiger partial charge in [-0.05, 0) is 54.9 Å². The molecule has 0 amide bonds. The molecular weight excluding hydrogens is 210 g/mol. The number of hydrogen-bond acceptors (Lipinski definition) is 2. The van der Waals surface area contributed by atoms with Crippen LogP contribution in [-0.2, 0) is 0 Å². The van der Waals surface area contributed by atoms with Crippen LogP contribution in [0.3, 0.4) is 0 Å². The van der Waals surface area contributed by atoms with Crippen molar-refractivity contribution in [1.29, 1.82) is 0 Å². The molecule has 2 fully saturated rings. The standard InChI is InChI=1S/C15H29NO/c1-11(6-8-17)10-16-13-9-12-5-7-15(13,4)14(12,2)3/h11-13,16-17H,5-10H2,1-4H3. The van der Waals surface area contributed by atoms with Crippen molar-refractivity contribution in [2.75, 3.05) is 13.2 Å². The maximum absolute atomic E-state index is 8.94. The highest BCUT2D eigenvalue weighted by atomic mass is 16.3. The van der Waals surface area contributed by atoms with E-state index in [2.05, 4.69) is 33.0 Å². The number of fused-ring (bicyclic) bond motifs is 2. The highest BCUT2D eigenvalue weighted by Gasteiger charge is 2.60. The van der Waals surface area contributed by atoms with Crippen LogP contribution in [0.5, 0.6) is 0 Å². The van der Waals surface area contributed by atoms with E-state index in [1.807, 2.05) is 0 Å². The fourth-order valence-corrected chi connectivity index (χ4v) is 4.18. The molecule has 2 bridgehead atoms. The normalized spacial score (nSPS) is 40.8. The number of nitrogens with one attached hydrogen (secondary N) is 1. The highest BCUT2D eigenvalue weighted by molar-refractivity contribution is 5.12. The largest absolute Gasteiger partial charge is 0.396 e. The molecule has 2 nitrogen and oxygen atoms in total. The zero-order chi connectivity index (χ0) is 12.7. The SMILES string of the molecule is CC(CCO)CNC1CC2CCC1(C)C2(C)C. The molecular formula is C15H29NO. The molecule has 2 aliphatic rings.